The van der Waals surface area contributed by atoms with E-state index in [0.717, 1.165) is 18.2 Å². The third-order valence-corrected chi connectivity index (χ3v) is 3.56. The first-order valence-electron chi connectivity index (χ1n) is 5.15. The van der Waals surface area contributed by atoms with Crippen LogP contribution >= 0.6 is 0 Å². The molecule has 0 spiro atoms. The molecule has 1 aromatic carbocycles. The van der Waals surface area contributed by atoms with Crippen molar-refractivity contribution in [2.45, 2.75) is 17.6 Å². The van der Waals surface area contributed by atoms with Crippen molar-refractivity contribution in [3.05, 3.63) is 29.6 Å². The third kappa shape index (κ3) is 4.77. The van der Waals surface area contributed by atoms with Gasteiger partial charge in [0.2, 0.25) is 10.0 Å². The normalized spacial score (nSPS) is 12.7. The molecule has 0 bridgehead atoms. The first-order valence-corrected chi connectivity index (χ1v) is 6.63. The molecule has 19 heavy (non-hydrogen) atoms. The third-order valence-electron chi connectivity index (χ3n) is 2.16. The number of hydrogen-bond acceptors (Lipinski definition) is 3. The maximum Gasteiger partial charge on any atom is 0.402 e. The van der Waals surface area contributed by atoms with Gasteiger partial charge in [0.15, 0.2) is 0 Å². The van der Waals surface area contributed by atoms with Crippen molar-refractivity contribution < 1.29 is 26.0 Å². The summed E-state index contributed by atoms with van der Waals surface area (Å²) in [5, 5.41) is 2.62. The maximum absolute atomic E-state index is 13.3. The van der Waals surface area contributed by atoms with E-state index in [1.807, 2.05) is 0 Å². The van der Waals surface area contributed by atoms with Crippen LogP contribution in [0, 0.1) is 5.82 Å². The van der Waals surface area contributed by atoms with Crippen LogP contribution in [0.3, 0.4) is 0 Å². The summed E-state index contributed by atoms with van der Waals surface area (Å²) in [6.07, 6.45) is -4.65. The van der Waals surface area contributed by atoms with Gasteiger partial charge in [0.25, 0.3) is 0 Å². The van der Waals surface area contributed by atoms with Gasteiger partial charge < -0.3 is 5.32 Å². The summed E-state index contributed by atoms with van der Waals surface area (Å²) >= 11 is 0. The van der Waals surface area contributed by atoms with Crippen LogP contribution in [0.5, 0.6) is 0 Å². The fraction of sp³-hybridized carbons (Fsp3) is 0.400. The standard InChI is InChI=1S/C10H12F4N2O2S/c1-15-5-7-4-8(2-3-9(7)11)19(17,18)16-6-10(12,13)14/h2-4,15-16H,5-6H2,1H3. The van der Waals surface area contributed by atoms with Crippen LogP contribution in [0.2, 0.25) is 0 Å². The molecular formula is C10H12F4N2O2S. The Morgan fingerprint density at radius 1 is 1.26 bits per heavy atom. The smallest absolute Gasteiger partial charge is 0.316 e. The number of benzene rings is 1. The van der Waals surface area contributed by atoms with E-state index in [-0.39, 0.29) is 12.1 Å². The summed E-state index contributed by atoms with van der Waals surface area (Å²) in [6.45, 7) is -1.61. The molecule has 0 atom stereocenters. The Morgan fingerprint density at radius 3 is 2.42 bits per heavy atom. The Morgan fingerprint density at radius 2 is 1.89 bits per heavy atom. The molecule has 0 aliphatic rings. The van der Waals surface area contributed by atoms with Crippen LogP contribution < -0.4 is 10.0 Å². The summed E-state index contributed by atoms with van der Waals surface area (Å²) in [7, 11) is -2.79. The first-order chi connectivity index (χ1) is 8.65. The monoisotopic (exact) mass is 300 g/mol. The van der Waals surface area contributed by atoms with Crippen LogP contribution in [0.15, 0.2) is 23.1 Å². The zero-order chi connectivity index (χ0) is 14.7. The van der Waals surface area contributed by atoms with Crippen molar-refractivity contribution >= 4 is 10.0 Å². The minimum Gasteiger partial charge on any atom is -0.316 e. The summed E-state index contributed by atoms with van der Waals surface area (Å²) < 4.78 is 73.8. The molecule has 0 radical (unpaired) electrons. The van der Waals surface area contributed by atoms with E-state index in [1.165, 1.54) is 11.8 Å². The van der Waals surface area contributed by atoms with Gasteiger partial charge in [-0.05, 0) is 25.2 Å². The first kappa shape index (κ1) is 15.9. The van der Waals surface area contributed by atoms with Gasteiger partial charge in [-0.3, -0.25) is 0 Å². The van der Waals surface area contributed by atoms with Crippen LogP contribution in [0.4, 0.5) is 17.6 Å². The summed E-state index contributed by atoms with van der Waals surface area (Å²) in [5.74, 6) is -0.635. The van der Waals surface area contributed by atoms with Gasteiger partial charge >= 0.3 is 6.18 Å². The lowest BCUT2D eigenvalue weighted by Gasteiger charge is -2.10. The Labute approximate surface area is 107 Å². The largest absolute Gasteiger partial charge is 0.402 e. The van der Waals surface area contributed by atoms with Crippen LogP contribution in [0.25, 0.3) is 0 Å². The lowest BCUT2D eigenvalue weighted by molar-refractivity contribution is -0.121. The van der Waals surface area contributed by atoms with Crippen molar-refractivity contribution in [3.63, 3.8) is 0 Å². The number of nitrogens with one attached hydrogen (secondary N) is 2. The maximum atomic E-state index is 13.3. The second kappa shape index (κ2) is 5.85. The lowest BCUT2D eigenvalue weighted by atomic mass is 10.2. The summed E-state index contributed by atoms with van der Waals surface area (Å²) in [5.41, 5.74) is 0.0531. The van der Waals surface area contributed by atoms with Crippen LogP contribution in [-0.4, -0.2) is 28.2 Å². The average Bonchev–Trinajstić information content (AvgIpc) is 2.29. The SMILES string of the molecule is CNCc1cc(S(=O)(=O)NCC(F)(F)F)ccc1F. The molecule has 0 aromatic heterocycles. The molecule has 0 saturated heterocycles. The van der Waals surface area contributed by atoms with E-state index in [1.54, 1.807) is 0 Å². The summed E-state index contributed by atoms with van der Waals surface area (Å²) in [4.78, 5) is -0.414. The lowest BCUT2D eigenvalue weighted by Crippen LogP contribution is -2.33. The van der Waals surface area contributed by atoms with Gasteiger partial charge in [-0.25, -0.2) is 17.5 Å². The molecule has 0 amide bonds. The molecule has 2 N–H and O–H groups in total. The highest BCUT2D eigenvalue weighted by atomic mass is 32.2. The van der Waals surface area contributed by atoms with Gasteiger partial charge in [-0.2, -0.15) is 13.2 Å². The van der Waals surface area contributed by atoms with Crippen molar-refractivity contribution in [3.8, 4) is 0 Å². The number of alkyl halides is 3. The van der Waals surface area contributed by atoms with E-state index in [0.29, 0.717) is 0 Å². The van der Waals surface area contributed by atoms with Crippen molar-refractivity contribution in [2.24, 2.45) is 0 Å². The highest BCUT2D eigenvalue weighted by molar-refractivity contribution is 7.89. The minimum absolute atomic E-state index is 0.0531. The predicted molar refractivity (Wildman–Crippen MR) is 60.4 cm³/mol. The van der Waals surface area contributed by atoms with Gasteiger partial charge in [-0.1, -0.05) is 0 Å². The topological polar surface area (TPSA) is 58.2 Å². The second-order valence-corrected chi connectivity index (χ2v) is 5.49. The van der Waals surface area contributed by atoms with E-state index >= 15 is 0 Å². The number of hydrogen-bond donors (Lipinski definition) is 2. The molecule has 0 aliphatic carbocycles. The number of sulfonamides is 1. The molecule has 108 valence electrons. The highest BCUT2D eigenvalue weighted by Crippen LogP contribution is 2.17. The molecule has 1 aromatic rings. The zero-order valence-electron chi connectivity index (χ0n) is 9.88. The van der Waals surface area contributed by atoms with E-state index in [9.17, 15) is 26.0 Å². The van der Waals surface area contributed by atoms with Gasteiger partial charge in [0, 0.05) is 12.1 Å². The van der Waals surface area contributed by atoms with Crippen LogP contribution in [-0.2, 0) is 16.6 Å². The molecule has 1 rings (SSSR count). The Kier molecular flexibility index (Phi) is 4.88. The van der Waals surface area contributed by atoms with Crippen molar-refractivity contribution in [1.82, 2.24) is 10.0 Å². The summed E-state index contributed by atoms with van der Waals surface area (Å²) in [6, 6.07) is 2.80. The van der Waals surface area contributed by atoms with E-state index in [4.69, 9.17) is 0 Å². The quantitative estimate of drug-likeness (QED) is 0.808. The Hall–Kier alpha value is -1.19. The minimum atomic E-state index is -4.65. The molecule has 4 nitrogen and oxygen atoms in total. The Balaban J connectivity index is 2.98. The molecule has 0 unspecified atom stereocenters. The Bertz CT molecular complexity index is 543. The van der Waals surface area contributed by atoms with Crippen LogP contribution in [0.1, 0.15) is 5.56 Å². The molecular weight excluding hydrogens is 288 g/mol. The molecule has 0 fully saturated rings. The number of rotatable bonds is 5. The van der Waals surface area contributed by atoms with Crippen molar-refractivity contribution in [2.75, 3.05) is 13.6 Å². The molecule has 0 aliphatic heterocycles. The fourth-order valence-corrected chi connectivity index (χ4v) is 2.37. The van der Waals surface area contributed by atoms with Gasteiger partial charge in [-0.15, -0.1) is 0 Å². The zero-order valence-corrected chi connectivity index (χ0v) is 10.7. The van der Waals surface area contributed by atoms with Gasteiger partial charge in [0.1, 0.15) is 12.4 Å². The van der Waals surface area contributed by atoms with Crippen molar-refractivity contribution in [1.29, 1.82) is 0 Å². The second-order valence-electron chi connectivity index (χ2n) is 3.72. The predicted octanol–water partition coefficient (Wildman–Crippen LogP) is 1.39. The molecule has 0 heterocycles. The molecule has 0 saturated carbocycles. The van der Waals surface area contributed by atoms with E-state index in [2.05, 4.69) is 5.32 Å². The number of halogens is 4. The van der Waals surface area contributed by atoms with Gasteiger partial charge in [0.05, 0.1) is 4.90 Å². The average molecular weight is 300 g/mol. The fourth-order valence-electron chi connectivity index (χ4n) is 1.30. The highest BCUT2D eigenvalue weighted by Gasteiger charge is 2.30. The van der Waals surface area contributed by atoms with E-state index < -0.39 is 33.5 Å². The molecule has 9 heteroatoms.